The van der Waals surface area contributed by atoms with Crippen LogP contribution in [0.2, 0.25) is 0 Å². The minimum atomic E-state index is 0.119. The summed E-state index contributed by atoms with van der Waals surface area (Å²) in [5.41, 5.74) is 0.636. The van der Waals surface area contributed by atoms with Crippen LogP contribution in [0, 0.1) is 5.92 Å². The first-order valence-electron chi connectivity index (χ1n) is 6.50. The molecule has 0 bridgehead atoms. The zero-order valence-electron chi connectivity index (χ0n) is 11.8. The van der Waals surface area contributed by atoms with E-state index in [0.29, 0.717) is 18.0 Å². The van der Waals surface area contributed by atoms with Gasteiger partial charge in [0.2, 0.25) is 0 Å². The van der Waals surface area contributed by atoms with Crippen molar-refractivity contribution in [3.63, 3.8) is 0 Å². The van der Waals surface area contributed by atoms with Crippen LogP contribution < -0.4 is 4.74 Å². The van der Waals surface area contributed by atoms with Gasteiger partial charge in [-0.3, -0.25) is 9.48 Å². The van der Waals surface area contributed by atoms with Crippen LogP contribution in [0.25, 0.3) is 0 Å². The van der Waals surface area contributed by atoms with Crippen molar-refractivity contribution in [2.24, 2.45) is 5.92 Å². The number of carbonyl (C=O) groups is 1. The number of ether oxygens (including phenoxy) is 1. The van der Waals surface area contributed by atoms with Gasteiger partial charge < -0.3 is 9.64 Å². The second kappa shape index (κ2) is 6.43. The third kappa shape index (κ3) is 3.30. The number of carbonyl (C=O) groups excluding carboxylic acids is 1. The van der Waals surface area contributed by atoms with Gasteiger partial charge in [0, 0.05) is 18.2 Å². The van der Waals surface area contributed by atoms with Crippen molar-refractivity contribution in [1.82, 2.24) is 14.7 Å². The summed E-state index contributed by atoms with van der Waals surface area (Å²) in [5, 5.41) is 4.29. The molecule has 1 aromatic heterocycles. The monoisotopic (exact) mass is 283 g/mol. The molecule has 1 aliphatic heterocycles. The molecule has 2 heterocycles. The maximum Gasteiger partial charge on any atom is 0.188 e. The van der Waals surface area contributed by atoms with Gasteiger partial charge in [-0.25, -0.2) is 0 Å². The third-order valence-corrected chi connectivity index (χ3v) is 4.48. The number of hydrogen-bond donors (Lipinski definition) is 0. The number of hydrogen-bond acceptors (Lipinski definition) is 5. The quantitative estimate of drug-likeness (QED) is 0.738. The first-order chi connectivity index (χ1) is 9.13. The SMILES string of the molecule is COc1cnn(CCN(C)C)c1C(=O)C1CCSC1. The lowest BCUT2D eigenvalue weighted by molar-refractivity contribution is 0.0918. The Morgan fingerprint density at radius 1 is 1.63 bits per heavy atom. The van der Waals surface area contributed by atoms with Crippen molar-refractivity contribution in [3.05, 3.63) is 11.9 Å². The highest BCUT2D eigenvalue weighted by molar-refractivity contribution is 7.99. The van der Waals surface area contributed by atoms with Crippen LogP contribution in [0.1, 0.15) is 16.9 Å². The first-order valence-corrected chi connectivity index (χ1v) is 7.65. The Morgan fingerprint density at radius 3 is 3.00 bits per heavy atom. The number of rotatable bonds is 6. The van der Waals surface area contributed by atoms with E-state index < -0.39 is 0 Å². The lowest BCUT2D eigenvalue weighted by atomic mass is 10.0. The summed E-state index contributed by atoms with van der Waals surface area (Å²) < 4.78 is 7.07. The molecule has 1 aliphatic rings. The molecule has 0 amide bonds. The van der Waals surface area contributed by atoms with E-state index in [2.05, 4.69) is 10.00 Å². The van der Waals surface area contributed by atoms with Crippen LogP contribution in [-0.4, -0.2) is 59.7 Å². The van der Waals surface area contributed by atoms with Crippen LogP contribution in [0.4, 0.5) is 0 Å². The van der Waals surface area contributed by atoms with Crippen LogP contribution in [0.15, 0.2) is 6.20 Å². The Kier molecular flexibility index (Phi) is 4.87. The highest BCUT2D eigenvalue weighted by Crippen LogP contribution is 2.29. The number of nitrogens with zero attached hydrogens (tertiary/aromatic N) is 3. The molecule has 106 valence electrons. The molecule has 0 aromatic carbocycles. The Labute approximate surface area is 118 Å². The summed E-state index contributed by atoms with van der Waals surface area (Å²) >= 11 is 1.85. The van der Waals surface area contributed by atoms with Gasteiger partial charge in [-0.2, -0.15) is 16.9 Å². The zero-order chi connectivity index (χ0) is 13.8. The van der Waals surface area contributed by atoms with Crippen LogP contribution >= 0.6 is 11.8 Å². The number of thioether (sulfide) groups is 1. The summed E-state index contributed by atoms with van der Waals surface area (Å²) in [5.74, 6) is 2.89. The fraction of sp³-hybridized carbons (Fsp3) is 0.692. The highest BCUT2D eigenvalue weighted by atomic mass is 32.2. The first kappa shape index (κ1) is 14.4. The molecular formula is C13H21N3O2S. The molecule has 6 heteroatoms. The van der Waals surface area contributed by atoms with E-state index in [1.807, 2.05) is 25.9 Å². The molecule has 0 saturated carbocycles. The number of Topliss-reactive ketones (excluding diaryl/α,β-unsaturated/α-hetero) is 1. The summed E-state index contributed by atoms with van der Waals surface area (Å²) in [6, 6.07) is 0. The van der Waals surface area contributed by atoms with Gasteiger partial charge in [0.15, 0.2) is 11.5 Å². The molecule has 1 unspecified atom stereocenters. The normalized spacial score (nSPS) is 19.1. The van der Waals surface area contributed by atoms with Gasteiger partial charge in [0.1, 0.15) is 5.69 Å². The van der Waals surface area contributed by atoms with Crippen molar-refractivity contribution in [3.8, 4) is 5.75 Å². The van der Waals surface area contributed by atoms with E-state index in [9.17, 15) is 4.79 Å². The fourth-order valence-corrected chi connectivity index (χ4v) is 3.39. The minimum Gasteiger partial charge on any atom is -0.493 e. The highest BCUT2D eigenvalue weighted by Gasteiger charge is 2.29. The summed E-state index contributed by atoms with van der Waals surface area (Å²) in [7, 11) is 5.61. The molecule has 0 spiro atoms. The molecule has 0 N–H and O–H groups in total. The Balaban J connectivity index is 2.20. The molecule has 0 aliphatic carbocycles. The van der Waals surface area contributed by atoms with Crippen molar-refractivity contribution < 1.29 is 9.53 Å². The van der Waals surface area contributed by atoms with Crippen LogP contribution in [0.5, 0.6) is 5.75 Å². The van der Waals surface area contributed by atoms with E-state index in [1.54, 1.807) is 18.0 Å². The van der Waals surface area contributed by atoms with E-state index in [1.165, 1.54) is 0 Å². The van der Waals surface area contributed by atoms with Gasteiger partial charge in [0.25, 0.3) is 0 Å². The molecule has 2 rings (SSSR count). The zero-order valence-corrected chi connectivity index (χ0v) is 12.6. The smallest absolute Gasteiger partial charge is 0.188 e. The van der Waals surface area contributed by atoms with Crippen molar-refractivity contribution >= 4 is 17.5 Å². The van der Waals surface area contributed by atoms with E-state index in [0.717, 1.165) is 24.5 Å². The molecular weight excluding hydrogens is 262 g/mol. The van der Waals surface area contributed by atoms with E-state index >= 15 is 0 Å². The topological polar surface area (TPSA) is 47.4 Å². The number of ketones is 1. The third-order valence-electron chi connectivity index (χ3n) is 3.32. The maximum absolute atomic E-state index is 12.6. The Morgan fingerprint density at radius 2 is 2.42 bits per heavy atom. The van der Waals surface area contributed by atoms with Gasteiger partial charge in [0.05, 0.1) is 19.9 Å². The fourth-order valence-electron chi connectivity index (χ4n) is 2.17. The molecule has 0 radical (unpaired) electrons. The second-order valence-electron chi connectivity index (χ2n) is 5.01. The lowest BCUT2D eigenvalue weighted by Crippen LogP contribution is -2.24. The average molecular weight is 283 g/mol. The van der Waals surface area contributed by atoms with E-state index in [4.69, 9.17) is 4.74 Å². The number of methoxy groups -OCH3 is 1. The predicted octanol–water partition coefficient (Wildman–Crippen LogP) is 1.39. The van der Waals surface area contributed by atoms with Gasteiger partial charge >= 0.3 is 0 Å². The molecule has 1 atom stereocenters. The molecule has 5 nitrogen and oxygen atoms in total. The molecule has 1 aromatic rings. The number of likely N-dealkylation sites (N-methyl/N-ethyl adjacent to an activating group) is 1. The molecule has 1 fully saturated rings. The van der Waals surface area contributed by atoms with Crippen LogP contribution in [-0.2, 0) is 6.54 Å². The van der Waals surface area contributed by atoms with E-state index in [-0.39, 0.29) is 11.7 Å². The van der Waals surface area contributed by atoms with Gasteiger partial charge in [-0.05, 0) is 26.3 Å². The summed E-state index contributed by atoms with van der Waals surface area (Å²) in [6.45, 7) is 1.56. The number of aromatic nitrogens is 2. The van der Waals surface area contributed by atoms with Crippen molar-refractivity contribution in [2.45, 2.75) is 13.0 Å². The van der Waals surface area contributed by atoms with Crippen molar-refractivity contribution in [1.29, 1.82) is 0 Å². The lowest BCUT2D eigenvalue weighted by Gasteiger charge is -2.14. The summed E-state index contributed by atoms with van der Waals surface area (Å²) in [6.07, 6.45) is 2.61. The second-order valence-corrected chi connectivity index (χ2v) is 6.16. The average Bonchev–Trinajstić information content (AvgIpc) is 3.04. The minimum absolute atomic E-state index is 0.119. The summed E-state index contributed by atoms with van der Waals surface area (Å²) in [4.78, 5) is 14.7. The van der Waals surface area contributed by atoms with Gasteiger partial charge in [-0.15, -0.1) is 0 Å². The van der Waals surface area contributed by atoms with Crippen molar-refractivity contribution in [2.75, 3.05) is 39.3 Å². The van der Waals surface area contributed by atoms with Gasteiger partial charge in [-0.1, -0.05) is 0 Å². The standard InChI is InChI=1S/C13H21N3O2S/c1-15(2)5-6-16-12(11(18-3)8-14-16)13(17)10-4-7-19-9-10/h8,10H,4-7,9H2,1-3H3. The molecule has 19 heavy (non-hydrogen) atoms. The Bertz CT molecular complexity index is 439. The largest absolute Gasteiger partial charge is 0.493 e. The maximum atomic E-state index is 12.6. The Hall–Kier alpha value is -1.01. The van der Waals surface area contributed by atoms with Crippen LogP contribution in [0.3, 0.4) is 0 Å². The predicted molar refractivity (Wildman–Crippen MR) is 77.1 cm³/mol. The molecule has 1 saturated heterocycles.